The first-order valence-corrected chi connectivity index (χ1v) is 5.37. The average molecular weight is 198 g/mol. The number of carbonyl (C=O) groups excluding carboxylic acids is 1. The second kappa shape index (κ2) is 4.89. The first-order valence-electron chi connectivity index (χ1n) is 5.37. The molecule has 1 heterocycles. The van der Waals surface area contributed by atoms with Crippen LogP contribution in [-0.2, 0) is 4.79 Å². The van der Waals surface area contributed by atoms with Crippen molar-refractivity contribution in [3.8, 4) is 0 Å². The van der Waals surface area contributed by atoms with Crippen LogP contribution < -0.4 is 0 Å². The van der Waals surface area contributed by atoms with Crippen LogP contribution >= 0.6 is 0 Å². The number of piperidine rings is 1. The summed E-state index contributed by atoms with van der Waals surface area (Å²) >= 11 is 0. The van der Waals surface area contributed by atoms with Gasteiger partial charge in [0.2, 0.25) is 0 Å². The monoisotopic (exact) mass is 198 g/mol. The van der Waals surface area contributed by atoms with E-state index in [1.807, 2.05) is 14.1 Å². The summed E-state index contributed by atoms with van der Waals surface area (Å²) in [7, 11) is 6.16. The van der Waals surface area contributed by atoms with Crippen LogP contribution in [0.3, 0.4) is 0 Å². The van der Waals surface area contributed by atoms with E-state index in [2.05, 4.69) is 16.8 Å². The minimum Gasteiger partial charge on any atom is -0.306 e. The molecule has 14 heavy (non-hydrogen) atoms. The van der Waals surface area contributed by atoms with E-state index in [4.69, 9.17) is 0 Å². The van der Waals surface area contributed by atoms with Gasteiger partial charge in [0.1, 0.15) is 5.78 Å². The van der Waals surface area contributed by atoms with Crippen molar-refractivity contribution in [2.45, 2.75) is 25.8 Å². The minimum atomic E-state index is 0.128. The quantitative estimate of drug-likeness (QED) is 0.671. The molecule has 1 fully saturated rings. The van der Waals surface area contributed by atoms with Crippen molar-refractivity contribution >= 4 is 5.78 Å². The first kappa shape index (κ1) is 11.7. The maximum atomic E-state index is 11.5. The van der Waals surface area contributed by atoms with E-state index in [1.165, 1.54) is 0 Å². The van der Waals surface area contributed by atoms with Crippen LogP contribution in [0.2, 0.25) is 0 Å². The van der Waals surface area contributed by atoms with Crippen LogP contribution in [0.15, 0.2) is 0 Å². The Hall–Kier alpha value is -0.410. The highest BCUT2D eigenvalue weighted by Crippen LogP contribution is 2.22. The molecule has 1 aliphatic heterocycles. The van der Waals surface area contributed by atoms with Gasteiger partial charge < -0.3 is 4.90 Å². The average Bonchev–Trinajstić information content (AvgIpc) is 2.07. The molecule has 0 bridgehead atoms. The second-order valence-corrected chi connectivity index (χ2v) is 4.66. The predicted octanol–water partition coefficient (Wildman–Crippen LogP) is 0.847. The van der Waals surface area contributed by atoms with Gasteiger partial charge in [0, 0.05) is 0 Å². The lowest BCUT2D eigenvalue weighted by atomic mass is 9.87. The Kier molecular flexibility index (Phi) is 4.08. The number of rotatable bonds is 3. The van der Waals surface area contributed by atoms with Crippen molar-refractivity contribution in [2.75, 3.05) is 34.2 Å². The number of Topliss-reactive ketones (excluding diaryl/α,β-unsaturated/α-hetero) is 1. The molecule has 3 heteroatoms. The molecule has 1 aliphatic rings. The van der Waals surface area contributed by atoms with E-state index >= 15 is 0 Å². The van der Waals surface area contributed by atoms with Crippen LogP contribution in [0.1, 0.15) is 19.8 Å². The van der Waals surface area contributed by atoms with Crippen molar-refractivity contribution < 1.29 is 4.79 Å². The Labute approximate surface area is 87.1 Å². The lowest BCUT2D eigenvalue weighted by Crippen LogP contribution is -2.45. The highest BCUT2D eigenvalue weighted by molar-refractivity contribution is 5.81. The molecule has 1 rings (SSSR count). The summed E-state index contributed by atoms with van der Waals surface area (Å²) in [5.41, 5.74) is 0. The van der Waals surface area contributed by atoms with Gasteiger partial charge in [-0.2, -0.15) is 0 Å². The van der Waals surface area contributed by atoms with Crippen molar-refractivity contribution in [1.29, 1.82) is 0 Å². The number of hydrogen-bond acceptors (Lipinski definition) is 3. The van der Waals surface area contributed by atoms with Crippen molar-refractivity contribution in [1.82, 2.24) is 9.80 Å². The molecule has 1 saturated heterocycles. The molecule has 0 amide bonds. The Morgan fingerprint density at radius 3 is 2.21 bits per heavy atom. The topological polar surface area (TPSA) is 23.6 Å². The van der Waals surface area contributed by atoms with Crippen LogP contribution in [0.25, 0.3) is 0 Å². The van der Waals surface area contributed by atoms with Gasteiger partial charge >= 0.3 is 0 Å². The Morgan fingerprint density at radius 2 is 1.86 bits per heavy atom. The molecular formula is C11H22N2O. The molecule has 0 N–H and O–H groups in total. The number of nitrogens with zero attached hydrogens (tertiary/aromatic N) is 2. The van der Waals surface area contributed by atoms with E-state index in [-0.39, 0.29) is 6.04 Å². The van der Waals surface area contributed by atoms with Crippen LogP contribution in [0, 0.1) is 5.92 Å². The maximum absolute atomic E-state index is 11.5. The van der Waals surface area contributed by atoms with Gasteiger partial charge in [0.15, 0.2) is 0 Å². The van der Waals surface area contributed by atoms with Crippen molar-refractivity contribution in [3.05, 3.63) is 0 Å². The van der Waals surface area contributed by atoms with E-state index in [0.29, 0.717) is 11.7 Å². The van der Waals surface area contributed by atoms with Crippen LogP contribution in [-0.4, -0.2) is 55.9 Å². The number of likely N-dealkylation sites (N-methyl/N-ethyl adjacent to an activating group) is 1. The molecule has 0 aromatic heterocycles. The van der Waals surface area contributed by atoms with Crippen LogP contribution in [0.5, 0.6) is 0 Å². The van der Waals surface area contributed by atoms with E-state index < -0.39 is 0 Å². The fourth-order valence-corrected chi connectivity index (χ4v) is 2.46. The Balaban J connectivity index is 2.56. The number of ketones is 1. The SMILES string of the molecule is CC(=O)C(C1CCN(C)CC1)N(C)C. The molecule has 82 valence electrons. The fraction of sp³-hybridized carbons (Fsp3) is 0.909. The van der Waals surface area contributed by atoms with Gasteiger partial charge in [-0.25, -0.2) is 0 Å². The zero-order valence-corrected chi connectivity index (χ0v) is 9.79. The van der Waals surface area contributed by atoms with E-state index in [0.717, 1.165) is 25.9 Å². The molecule has 0 radical (unpaired) electrons. The summed E-state index contributed by atoms with van der Waals surface area (Å²) in [4.78, 5) is 15.9. The Morgan fingerprint density at radius 1 is 1.36 bits per heavy atom. The molecule has 1 unspecified atom stereocenters. The summed E-state index contributed by atoms with van der Waals surface area (Å²) in [5.74, 6) is 0.864. The molecule has 0 aromatic carbocycles. The van der Waals surface area contributed by atoms with Crippen molar-refractivity contribution in [3.63, 3.8) is 0 Å². The summed E-state index contributed by atoms with van der Waals surface area (Å²) in [6, 6.07) is 0.128. The number of carbonyl (C=O) groups is 1. The smallest absolute Gasteiger partial charge is 0.147 e. The van der Waals surface area contributed by atoms with Gasteiger partial charge in [0.05, 0.1) is 6.04 Å². The molecular weight excluding hydrogens is 176 g/mol. The first-order chi connectivity index (χ1) is 6.52. The Bertz CT molecular complexity index is 195. The third kappa shape index (κ3) is 2.79. The van der Waals surface area contributed by atoms with Gasteiger partial charge in [-0.15, -0.1) is 0 Å². The zero-order valence-electron chi connectivity index (χ0n) is 9.79. The standard InChI is InChI=1S/C11H22N2O/c1-9(14)11(12(2)3)10-5-7-13(4)8-6-10/h10-11H,5-8H2,1-4H3. The highest BCUT2D eigenvalue weighted by Gasteiger charge is 2.29. The van der Waals surface area contributed by atoms with Gasteiger partial charge in [0.25, 0.3) is 0 Å². The molecule has 0 spiro atoms. The van der Waals surface area contributed by atoms with Gasteiger partial charge in [-0.05, 0) is 59.9 Å². The summed E-state index contributed by atoms with van der Waals surface area (Å²) in [6.45, 7) is 3.97. The van der Waals surface area contributed by atoms with E-state index in [1.54, 1.807) is 6.92 Å². The third-order valence-electron chi connectivity index (χ3n) is 3.18. The van der Waals surface area contributed by atoms with Crippen molar-refractivity contribution in [2.24, 2.45) is 5.92 Å². The molecule has 3 nitrogen and oxygen atoms in total. The number of likely N-dealkylation sites (tertiary alicyclic amines) is 1. The molecule has 0 saturated carbocycles. The van der Waals surface area contributed by atoms with Gasteiger partial charge in [-0.1, -0.05) is 0 Å². The lowest BCUT2D eigenvalue weighted by molar-refractivity contribution is -0.123. The largest absolute Gasteiger partial charge is 0.306 e. The molecule has 1 atom stereocenters. The fourth-order valence-electron chi connectivity index (χ4n) is 2.46. The summed E-state index contributed by atoms with van der Waals surface area (Å²) in [6.07, 6.45) is 2.30. The number of hydrogen-bond donors (Lipinski definition) is 0. The van der Waals surface area contributed by atoms with Crippen LogP contribution in [0.4, 0.5) is 0 Å². The molecule has 0 aliphatic carbocycles. The lowest BCUT2D eigenvalue weighted by Gasteiger charge is -2.36. The summed E-state index contributed by atoms with van der Waals surface area (Å²) < 4.78 is 0. The minimum absolute atomic E-state index is 0.128. The molecule has 0 aromatic rings. The van der Waals surface area contributed by atoms with Gasteiger partial charge in [-0.3, -0.25) is 9.69 Å². The second-order valence-electron chi connectivity index (χ2n) is 4.66. The normalized spacial score (nSPS) is 22.6. The highest BCUT2D eigenvalue weighted by atomic mass is 16.1. The van der Waals surface area contributed by atoms with E-state index in [9.17, 15) is 4.79 Å². The predicted molar refractivity (Wildman–Crippen MR) is 58.4 cm³/mol. The summed E-state index contributed by atoms with van der Waals surface area (Å²) in [5, 5.41) is 0. The zero-order chi connectivity index (χ0) is 10.7. The third-order valence-corrected chi connectivity index (χ3v) is 3.18. The maximum Gasteiger partial charge on any atom is 0.147 e.